The highest BCUT2D eigenvalue weighted by Gasteiger charge is 2.20. The van der Waals surface area contributed by atoms with Crippen LogP contribution in [0.15, 0.2) is 47.5 Å². The molecule has 3 N–H and O–H groups in total. The summed E-state index contributed by atoms with van der Waals surface area (Å²) in [5.74, 6) is -1.59. The number of benzene rings is 1. The highest BCUT2D eigenvalue weighted by Crippen LogP contribution is 2.24. The van der Waals surface area contributed by atoms with Crippen LogP contribution in [0.2, 0.25) is 0 Å². The van der Waals surface area contributed by atoms with E-state index in [4.69, 9.17) is 5.73 Å². The van der Waals surface area contributed by atoms with Crippen LogP contribution >= 0.6 is 11.8 Å². The molecule has 2 rings (SSSR count). The molecule has 0 aliphatic carbocycles. The van der Waals surface area contributed by atoms with Crippen LogP contribution in [0, 0.1) is 0 Å². The minimum Gasteiger partial charge on any atom is -0.480 e. The summed E-state index contributed by atoms with van der Waals surface area (Å²) in [6.45, 7) is 0. The monoisotopic (exact) mass is 303 g/mol. The average Bonchev–Trinajstić information content (AvgIpc) is 2.48. The van der Waals surface area contributed by atoms with E-state index in [0.717, 1.165) is 17.3 Å². The number of nitrogens with zero attached hydrogens (tertiary/aromatic N) is 2. The van der Waals surface area contributed by atoms with Crippen molar-refractivity contribution >= 4 is 23.6 Å². The van der Waals surface area contributed by atoms with Gasteiger partial charge in [-0.15, -0.1) is 10.2 Å². The molecule has 21 heavy (non-hydrogen) atoms. The molecule has 2 aromatic rings. The van der Waals surface area contributed by atoms with Gasteiger partial charge in [-0.05, 0) is 24.1 Å². The predicted molar refractivity (Wildman–Crippen MR) is 78.0 cm³/mol. The third-order valence-electron chi connectivity index (χ3n) is 2.69. The van der Waals surface area contributed by atoms with Crippen molar-refractivity contribution in [2.45, 2.75) is 16.7 Å². The number of carbonyl (C=O) groups is 2. The van der Waals surface area contributed by atoms with E-state index in [-0.39, 0.29) is 5.69 Å². The van der Waals surface area contributed by atoms with Gasteiger partial charge in [0.1, 0.15) is 10.3 Å². The molecule has 1 atom stereocenters. The number of nitrogens with two attached hydrogens (primary N) is 1. The van der Waals surface area contributed by atoms with E-state index in [1.54, 1.807) is 6.07 Å². The number of thioether (sulfide) groups is 1. The smallest absolute Gasteiger partial charge is 0.317 e. The number of primary amides is 1. The molecule has 1 aromatic heterocycles. The van der Waals surface area contributed by atoms with Crippen molar-refractivity contribution in [2.75, 3.05) is 0 Å². The quantitative estimate of drug-likeness (QED) is 0.780. The topological polar surface area (TPSA) is 106 Å². The van der Waals surface area contributed by atoms with E-state index < -0.39 is 17.1 Å². The maximum atomic E-state index is 11.3. The zero-order valence-electron chi connectivity index (χ0n) is 11.0. The van der Waals surface area contributed by atoms with Gasteiger partial charge in [0.05, 0.1) is 0 Å². The Morgan fingerprint density at radius 3 is 2.38 bits per heavy atom. The highest BCUT2D eigenvalue weighted by molar-refractivity contribution is 8.00. The van der Waals surface area contributed by atoms with Gasteiger partial charge in [0.25, 0.3) is 5.91 Å². The molecule has 0 saturated carbocycles. The highest BCUT2D eigenvalue weighted by atomic mass is 32.2. The lowest BCUT2D eigenvalue weighted by molar-refractivity contribution is -0.136. The maximum absolute atomic E-state index is 11.3. The number of amides is 1. The first-order chi connectivity index (χ1) is 10.1. The fraction of sp³-hybridized carbons (Fsp3) is 0.143. The molecule has 0 saturated heterocycles. The van der Waals surface area contributed by atoms with Gasteiger partial charge in [-0.1, -0.05) is 42.1 Å². The number of carbonyl (C=O) groups excluding carboxylic acids is 1. The number of carboxylic acid groups (broad SMARTS) is 1. The van der Waals surface area contributed by atoms with Crippen LogP contribution in [0.4, 0.5) is 0 Å². The Morgan fingerprint density at radius 1 is 1.14 bits per heavy atom. The Kier molecular flexibility index (Phi) is 4.89. The molecule has 6 nitrogen and oxygen atoms in total. The summed E-state index contributed by atoms with van der Waals surface area (Å²) in [5.41, 5.74) is 6.05. The minimum absolute atomic E-state index is 0.0503. The van der Waals surface area contributed by atoms with Crippen molar-refractivity contribution in [3.63, 3.8) is 0 Å². The summed E-state index contributed by atoms with van der Waals surface area (Å²) in [4.78, 5) is 22.2. The van der Waals surface area contributed by atoms with E-state index in [1.807, 2.05) is 30.3 Å². The lowest BCUT2D eigenvalue weighted by Crippen LogP contribution is -2.19. The summed E-state index contributed by atoms with van der Waals surface area (Å²) in [6.07, 6.45) is 0.375. The number of carboxylic acids is 1. The first kappa shape index (κ1) is 15.0. The molecule has 0 aliphatic rings. The predicted octanol–water partition coefficient (Wildman–Crippen LogP) is 1.36. The van der Waals surface area contributed by atoms with Crippen LogP contribution in [0.5, 0.6) is 0 Å². The molecule has 0 spiro atoms. The van der Waals surface area contributed by atoms with Gasteiger partial charge in [0.15, 0.2) is 5.69 Å². The number of aliphatic carboxylic acids is 1. The molecule has 0 bridgehead atoms. The summed E-state index contributed by atoms with van der Waals surface area (Å²) in [7, 11) is 0. The third kappa shape index (κ3) is 4.28. The molecule has 1 unspecified atom stereocenters. The molecular formula is C14H13N3O3S. The normalized spacial score (nSPS) is 11.8. The zero-order valence-corrected chi connectivity index (χ0v) is 11.8. The summed E-state index contributed by atoms with van der Waals surface area (Å²) >= 11 is 1.09. The second-order valence-corrected chi connectivity index (χ2v) is 5.48. The van der Waals surface area contributed by atoms with Crippen molar-refractivity contribution in [1.82, 2.24) is 10.2 Å². The number of hydrogen-bond acceptors (Lipinski definition) is 5. The minimum atomic E-state index is -0.926. The number of rotatable bonds is 6. The first-order valence-corrected chi connectivity index (χ1v) is 7.01. The number of aromatic nitrogens is 2. The molecule has 1 aromatic carbocycles. The van der Waals surface area contributed by atoms with Crippen LogP contribution in [-0.4, -0.2) is 32.4 Å². The zero-order chi connectivity index (χ0) is 15.2. The Labute approximate surface area is 125 Å². The number of hydrogen-bond donors (Lipinski definition) is 2. The molecule has 7 heteroatoms. The van der Waals surface area contributed by atoms with E-state index in [9.17, 15) is 14.7 Å². The first-order valence-electron chi connectivity index (χ1n) is 6.13. The maximum Gasteiger partial charge on any atom is 0.317 e. The van der Waals surface area contributed by atoms with Gasteiger partial charge in [0, 0.05) is 0 Å². The van der Waals surface area contributed by atoms with Crippen LogP contribution in [0.25, 0.3) is 0 Å². The van der Waals surface area contributed by atoms with Crippen molar-refractivity contribution in [2.24, 2.45) is 5.73 Å². The molecule has 1 heterocycles. The second kappa shape index (κ2) is 6.85. The summed E-state index contributed by atoms with van der Waals surface area (Å²) in [5, 5.41) is 16.5. The van der Waals surface area contributed by atoms with E-state index in [1.165, 1.54) is 6.07 Å². The Morgan fingerprint density at radius 2 is 1.86 bits per heavy atom. The Bertz CT molecular complexity index is 632. The fourth-order valence-electron chi connectivity index (χ4n) is 1.67. The molecule has 0 fully saturated rings. The van der Waals surface area contributed by atoms with Crippen LogP contribution < -0.4 is 5.73 Å². The van der Waals surface area contributed by atoms with Gasteiger partial charge in [-0.3, -0.25) is 9.59 Å². The van der Waals surface area contributed by atoms with Gasteiger partial charge in [0.2, 0.25) is 0 Å². The lowest BCUT2D eigenvalue weighted by atomic mass is 10.1. The second-order valence-electron chi connectivity index (χ2n) is 4.26. The van der Waals surface area contributed by atoms with E-state index in [2.05, 4.69) is 10.2 Å². The largest absolute Gasteiger partial charge is 0.480 e. The molecule has 0 radical (unpaired) electrons. The molecule has 0 aliphatic heterocycles. The summed E-state index contributed by atoms with van der Waals surface area (Å²) < 4.78 is 0. The van der Waals surface area contributed by atoms with Crippen molar-refractivity contribution in [3.8, 4) is 0 Å². The van der Waals surface area contributed by atoms with E-state index in [0.29, 0.717) is 11.4 Å². The van der Waals surface area contributed by atoms with Crippen LogP contribution in [0.3, 0.4) is 0 Å². The Balaban J connectivity index is 2.09. The van der Waals surface area contributed by atoms with Gasteiger partial charge in [-0.2, -0.15) is 0 Å². The van der Waals surface area contributed by atoms with Crippen molar-refractivity contribution in [1.29, 1.82) is 0 Å². The fourth-order valence-corrected chi connectivity index (χ4v) is 2.57. The molecule has 1 amide bonds. The van der Waals surface area contributed by atoms with Crippen LogP contribution in [0.1, 0.15) is 16.1 Å². The molecule has 108 valence electrons. The summed E-state index contributed by atoms with van der Waals surface area (Å²) in [6, 6.07) is 12.3. The molecular weight excluding hydrogens is 290 g/mol. The van der Waals surface area contributed by atoms with Gasteiger partial charge in [-0.25, -0.2) is 0 Å². The van der Waals surface area contributed by atoms with Crippen molar-refractivity contribution in [3.05, 3.63) is 53.7 Å². The van der Waals surface area contributed by atoms with Crippen molar-refractivity contribution < 1.29 is 14.7 Å². The Hall–Kier alpha value is -2.41. The van der Waals surface area contributed by atoms with Gasteiger partial charge < -0.3 is 10.8 Å². The van der Waals surface area contributed by atoms with Crippen LogP contribution in [-0.2, 0) is 11.2 Å². The average molecular weight is 303 g/mol. The third-order valence-corrected chi connectivity index (χ3v) is 3.81. The lowest BCUT2D eigenvalue weighted by Gasteiger charge is -2.11. The SMILES string of the molecule is NC(=O)c1ccc(SC(Cc2ccccc2)C(=O)O)nn1. The standard InChI is InChI=1S/C14H13N3O3S/c15-13(18)10-6-7-12(17-16-10)21-11(14(19)20)8-9-4-2-1-3-5-9/h1-7,11H,8H2,(H2,15,18)(H,19,20). The van der Waals surface area contributed by atoms with E-state index >= 15 is 0 Å². The van der Waals surface area contributed by atoms with Gasteiger partial charge >= 0.3 is 5.97 Å².